The number of esters is 1. The average Bonchev–Trinajstić information content (AvgIpc) is 2.73. The van der Waals surface area contributed by atoms with Gasteiger partial charge >= 0.3 is 5.97 Å². The Morgan fingerprint density at radius 3 is 2.71 bits per heavy atom. The second-order valence-electron chi connectivity index (χ2n) is 5.55. The number of hydrogen-bond donors (Lipinski definition) is 0. The zero-order chi connectivity index (χ0) is 14.7. The van der Waals surface area contributed by atoms with E-state index in [4.69, 9.17) is 4.74 Å². The van der Waals surface area contributed by atoms with E-state index in [1.54, 1.807) is 6.07 Å². The number of ether oxygens (including phenoxy) is 1. The van der Waals surface area contributed by atoms with E-state index < -0.39 is 0 Å². The highest BCUT2D eigenvalue weighted by atomic mass is 16.5. The smallest absolute Gasteiger partial charge is 0.355 e. The number of fused-ring (bicyclic) bond motifs is 1. The molecule has 0 aromatic carbocycles. The molecule has 0 N–H and O–H groups in total. The van der Waals surface area contributed by atoms with Crippen molar-refractivity contribution in [1.82, 2.24) is 14.3 Å². The molecule has 1 aliphatic heterocycles. The number of likely N-dealkylation sites (tertiary alicyclic amines) is 1. The first-order valence-corrected chi connectivity index (χ1v) is 7.55. The van der Waals surface area contributed by atoms with Crippen LogP contribution in [0.2, 0.25) is 0 Å². The second kappa shape index (κ2) is 6.26. The normalized spacial score (nSPS) is 16.8. The zero-order valence-corrected chi connectivity index (χ0v) is 12.4. The lowest BCUT2D eigenvalue weighted by Crippen LogP contribution is -2.24. The molecule has 0 spiro atoms. The van der Waals surface area contributed by atoms with Gasteiger partial charge in [0.1, 0.15) is 11.3 Å². The molecule has 1 fully saturated rings. The summed E-state index contributed by atoms with van der Waals surface area (Å²) in [6.07, 6.45) is 7.14. The van der Waals surface area contributed by atoms with Crippen LogP contribution in [0.1, 0.15) is 41.9 Å². The third-order valence-electron chi connectivity index (χ3n) is 4.02. The van der Waals surface area contributed by atoms with Crippen molar-refractivity contribution < 1.29 is 9.53 Å². The molecule has 112 valence electrons. The molecule has 0 amide bonds. The fourth-order valence-electron chi connectivity index (χ4n) is 2.93. The maximum Gasteiger partial charge on any atom is 0.355 e. The highest BCUT2D eigenvalue weighted by molar-refractivity contribution is 5.88. The standard InChI is InChI=1S/C16H21N3O2/c1-21-16(20)14-7-6-8-15-17-13(12-19(14)15)11-18-9-4-2-3-5-10-18/h6-8,12H,2-5,9-11H2,1H3. The summed E-state index contributed by atoms with van der Waals surface area (Å²) in [5, 5.41) is 0. The van der Waals surface area contributed by atoms with Gasteiger partial charge in [0.15, 0.2) is 0 Å². The van der Waals surface area contributed by atoms with Crippen molar-refractivity contribution in [2.75, 3.05) is 20.2 Å². The van der Waals surface area contributed by atoms with Gasteiger partial charge in [0.2, 0.25) is 0 Å². The molecule has 0 saturated carbocycles. The summed E-state index contributed by atoms with van der Waals surface area (Å²) in [7, 11) is 1.40. The van der Waals surface area contributed by atoms with Crippen molar-refractivity contribution in [1.29, 1.82) is 0 Å². The Hall–Kier alpha value is -1.88. The van der Waals surface area contributed by atoms with Gasteiger partial charge in [-0.05, 0) is 38.1 Å². The quantitative estimate of drug-likeness (QED) is 0.814. The fourth-order valence-corrected chi connectivity index (χ4v) is 2.93. The molecule has 0 aliphatic carbocycles. The van der Waals surface area contributed by atoms with E-state index in [9.17, 15) is 4.79 Å². The monoisotopic (exact) mass is 287 g/mol. The topological polar surface area (TPSA) is 46.8 Å². The average molecular weight is 287 g/mol. The summed E-state index contributed by atoms with van der Waals surface area (Å²) in [5.74, 6) is -0.334. The van der Waals surface area contributed by atoms with Crippen molar-refractivity contribution in [2.45, 2.75) is 32.2 Å². The molecule has 3 rings (SSSR count). The lowest BCUT2D eigenvalue weighted by molar-refractivity contribution is 0.0592. The highest BCUT2D eigenvalue weighted by Crippen LogP contribution is 2.15. The molecular formula is C16H21N3O2. The summed E-state index contributed by atoms with van der Waals surface area (Å²) in [5.41, 5.74) is 2.32. The predicted octanol–water partition coefficient (Wildman–Crippen LogP) is 2.50. The van der Waals surface area contributed by atoms with Gasteiger partial charge in [-0.2, -0.15) is 0 Å². The van der Waals surface area contributed by atoms with E-state index in [1.807, 2.05) is 22.7 Å². The van der Waals surface area contributed by atoms with Gasteiger partial charge in [0, 0.05) is 12.7 Å². The minimum absolute atomic E-state index is 0.334. The van der Waals surface area contributed by atoms with E-state index in [2.05, 4.69) is 9.88 Å². The number of imidazole rings is 1. The largest absolute Gasteiger partial charge is 0.464 e. The van der Waals surface area contributed by atoms with Crippen LogP contribution in [0.5, 0.6) is 0 Å². The first-order valence-electron chi connectivity index (χ1n) is 7.55. The van der Waals surface area contributed by atoms with E-state index in [0.717, 1.165) is 31.0 Å². The number of nitrogens with zero attached hydrogens (tertiary/aromatic N) is 3. The molecule has 2 aromatic rings. The molecule has 0 radical (unpaired) electrons. The Bertz CT molecular complexity index is 627. The van der Waals surface area contributed by atoms with Crippen LogP contribution < -0.4 is 0 Å². The van der Waals surface area contributed by atoms with Crippen LogP contribution in [-0.2, 0) is 11.3 Å². The lowest BCUT2D eigenvalue weighted by atomic mass is 10.2. The minimum Gasteiger partial charge on any atom is -0.464 e. The van der Waals surface area contributed by atoms with Gasteiger partial charge in [-0.15, -0.1) is 0 Å². The summed E-state index contributed by atoms with van der Waals surface area (Å²) >= 11 is 0. The molecule has 1 aliphatic rings. The maximum atomic E-state index is 11.8. The SMILES string of the molecule is COC(=O)c1cccc2nc(CN3CCCCCC3)cn12. The Morgan fingerprint density at radius 2 is 2.00 bits per heavy atom. The van der Waals surface area contributed by atoms with Crippen molar-refractivity contribution in [2.24, 2.45) is 0 Å². The van der Waals surface area contributed by atoms with Crippen molar-refractivity contribution >= 4 is 11.6 Å². The molecule has 5 nitrogen and oxygen atoms in total. The van der Waals surface area contributed by atoms with E-state index >= 15 is 0 Å². The zero-order valence-electron chi connectivity index (χ0n) is 12.4. The molecule has 0 atom stereocenters. The summed E-state index contributed by atoms with van der Waals surface area (Å²) in [6.45, 7) is 3.12. The summed E-state index contributed by atoms with van der Waals surface area (Å²) in [4.78, 5) is 18.9. The predicted molar refractivity (Wildman–Crippen MR) is 80.3 cm³/mol. The van der Waals surface area contributed by atoms with Gasteiger partial charge in [0.25, 0.3) is 0 Å². The minimum atomic E-state index is -0.334. The molecule has 21 heavy (non-hydrogen) atoms. The number of methoxy groups -OCH3 is 1. The maximum absolute atomic E-state index is 11.8. The van der Waals surface area contributed by atoms with Crippen LogP contribution in [0.25, 0.3) is 5.65 Å². The number of carbonyl (C=O) groups is 1. The Kier molecular flexibility index (Phi) is 4.20. The van der Waals surface area contributed by atoms with Crippen LogP contribution in [-0.4, -0.2) is 40.5 Å². The van der Waals surface area contributed by atoms with Crippen LogP contribution in [0.4, 0.5) is 0 Å². The van der Waals surface area contributed by atoms with Gasteiger partial charge < -0.3 is 4.74 Å². The number of carbonyl (C=O) groups excluding carboxylic acids is 1. The first kappa shape index (κ1) is 14.1. The van der Waals surface area contributed by atoms with Crippen LogP contribution in [0.3, 0.4) is 0 Å². The van der Waals surface area contributed by atoms with Crippen molar-refractivity contribution in [3.05, 3.63) is 35.8 Å². The van der Waals surface area contributed by atoms with Gasteiger partial charge in [0.05, 0.1) is 12.8 Å². The summed E-state index contributed by atoms with van der Waals surface area (Å²) < 4.78 is 6.64. The van der Waals surface area contributed by atoms with Crippen LogP contribution >= 0.6 is 0 Å². The Morgan fingerprint density at radius 1 is 1.24 bits per heavy atom. The molecule has 2 aromatic heterocycles. The van der Waals surface area contributed by atoms with E-state index in [0.29, 0.717) is 5.69 Å². The number of rotatable bonds is 3. The Balaban J connectivity index is 1.85. The van der Waals surface area contributed by atoms with Gasteiger partial charge in [-0.3, -0.25) is 9.30 Å². The van der Waals surface area contributed by atoms with Gasteiger partial charge in [-0.25, -0.2) is 9.78 Å². The van der Waals surface area contributed by atoms with Crippen LogP contribution in [0, 0.1) is 0 Å². The molecule has 3 heterocycles. The molecule has 0 bridgehead atoms. The fraction of sp³-hybridized carbons (Fsp3) is 0.500. The van der Waals surface area contributed by atoms with E-state index in [-0.39, 0.29) is 5.97 Å². The van der Waals surface area contributed by atoms with Crippen molar-refractivity contribution in [3.8, 4) is 0 Å². The molecule has 0 unspecified atom stereocenters. The molecule has 1 saturated heterocycles. The van der Waals surface area contributed by atoms with E-state index in [1.165, 1.54) is 32.8 Å². The number of pyridine rings is 1. The number of aromatic nitrogens is 2. The van der Waals surface area contributed by atoms with Crippen molar-refractivity contribution in [3.63, 3.8) is 0 Å². The number of hydrogen-bond acceptors (Lipinski definition) is 4. The summed E-state index contributed by atoms with van der Waals surface area (Å²) in [6, 6.07) is 5.51. The van der Waals surface area contributed by atoms with Gasteiger partial charge in [-0.1, -0.05) is 18.9 Å². The second-order valence-corrected chi connectivity index (χ2v) is 5.55. The lowest BCUT2D eigenvalue weighted by Gasteiger charge is -2.17. The first-order chi connectivity index (χ1) is 10.3. The third-order valence-corrected chi connectivity index (χ3v) is 4.02. The molecular weight excluding hydrogens is 266 g/mol. The third kappa shape index (κ3) is 3.08. The Labute approximate surface area is 124 Å². The van der Waals surface area contributed by atoms with Crippen LogP contribution in [0.15, 0.2) is 24.4 Å². The highest BCUT2D eigenvalue weighted by Gasteiger charge is 2.14. The molecule has 5 heteroatoms.